The Bertz CT molecular complexity index is 584. The van der Waals surface area contributed by atoms with Gasteiger partial charge >= 0.3 is 11.9 Å². The van der Waals surface area contributed by atoms with Crippen molar-refractivity contribution in [3.8, 4) is 5.75 Å². The van der Waals surface area contributed by atoms with Crippen LogP contribution in [0.3, 0.4) is 0 Å². The fourth-order valence-electron chi connectivity index (χ4n) is 2.14. The molecule has 0 saturated heterocycles. The zero-order valence-electron chi connectivity index (χ0n) is 13.7. The Labute approximate surface area is 140 Å². The molecule has 1 amide bonds. The number of hydrogen-bond acceptors (Lipinski definition) is 4. The third-order valence-corrected chi connectivity index (χ3v) is 3.31. The summed E-state index contributed by atoms with van der Waals surface area (Å²) in [5.41, 5.74) is 0.185. The van der Waals surface area contributed by atoms with Crippen molar-refractivity contribution in [2.24, 2.45) is 0 Å². The highest BCUT2D eigenvalue weighted by Gasteiger charge is 2.11. The lowest BCUT2D eigenvalue weighted by Crippen LogP contribution is -2.13. The number of carbonyl (C=O) groups is 3. The molecule has 1 aromatic carbocycles. The summed E-state index contributed by atoms with van der Waals surface area (Å²) >= 11 is 0. The lowest BCUT2D eigenvalue weighted by atomic mass is 10.1. The predicted molar refractivity (Wildman–Crippen MR) is 88.5 cm³/mol. The third-order valence-electron chi connectivity index (χ3n) is 3.31. The predicted octanol–water partition coefficient (Wildman–Crippen LogP) is 3.15. The Hall–Kier alpha value is -2.57. The molecule has 0 heterocycles. The standard InChI is InChI=1S/C17H23NO6/c1-2-3-4-5-6-7-15(19)18-13-8-12(17(22)23)9-14(10-13)24-11-16(20)21/h8-10H,2-7,11H2,1H3,(H,18,19)(H,20,21)(H,22,23). The molecule has 0 aromatic heterocycles. The Morgan fingerprint density at radius 2 is 1.75 bits per heavy atom. The molecule has 3 N–H and O–H groups in total. The fourth-order valence-corrected chi connectivity index (χ4v) is 2.14. The van der Waals surface area contributed by atoms with Gasteiger partial charge in [0.15, 0.2) is 6.61 Å². The van der Waals surface area contributed by atoms with E-state index in [1.54, 1.807) is 0 Å². The van der Waals surface area contributed by atoms with Crippen LogP contribution in [0.2, 0.25) is 0 Å². The summed E-state index contributed by atoms with van der Waals surface area (Å²) in [5, 5.41) is 20.3. The Morgan fingerprint density at radius 1 is 1.04 bits per heavy atom. The summed E-state index contributed by atoms with van der Waals surface area (Å²) in [6.07, 6.45) is 5.47. The molecule has 24 heavy (non-hydrogen) atoms. The van der Waals surface area contributed by atoms with E-state index in [0.717, 1.165) is 32.1 Å². The average molecular weight is 337 g/mol. The van der Waals surface area contributed by atoms with Gasteiger partial charge in [-0.05, 0) is 18.6 Å². The Morgan fingerprint density at radius 3 is 2.38 bits per heavy atom. The number of amides is 1. The number of rotatable bonds is 11. The van der Waals surface area contributed by atoms with Crippen LogP contribution in [0.25, 0.3) is 0 Å². The van der Waals surface area contributed by atoms with Crippen molar-refractivity contribution < 1.29 is 29.3 Å². The van der Waals surface area contributed by atoms with Crippen LogP contribution >= 0.6 is 0 Å². The Balaban J connectivity index is 2.66. The van der Waals surface area contributed by atoms with Crippen molar-refractivity contribution >= 4 is 23.5 Å². The molecule has 0 aliphatic carbocycles. The summed E-state index contributed by atoms with van der Waals surface area (Å²) in [6.45, 7) is 1.53. The first kappa shape index (κ1) is 19.5. The van der Waals surface area contributed by atoms with E-state index in [9.17, 15) is 14.4 Å². The normalized spacial score (nSPS) is 10.2. The van der Waals surface area contributed by atoms with Crippen LogP contribution in [-0.2, 0) is 9.59 Å². The minimum absolute atomic E-state index is 0.0792. The summed E-state index contributed by atoms with van der Waals surface area (Å²) in [5.74, 6) is -2.49. The molecule has 0 aliphatic heterocycles. The van der Waals surface area contributed by atoms with Crippen molar-refractivity contribution in [2.75, 3.05) is 11.9 Å². The van der Waals surface area contributed by atoms with Gasteiger partial charge in [0.2, 0.25) is 5.91 Å². The molecule has 0 fully saturated rings. The molecule has 132 valence electrons. The van der Waals surface area contributed by atoms with Crippen molar-refractivity contribution in [3.05, 3.63) is 23.8 Å². The molecule has 0 spiro atoms. The summed E-state index contributed by atoms with van der Waals surface area (Å²) in [4.78, 5) is 33.6. The smallest absolute Gasteiger partial charge is 0.341 e. The molecule has 0 aliphatic rings. The van der Waals surface area contributed by atoms with Crippen molar-refractivity contribution in [1.29, 1.82) is 0 Å². The Kier molecular flexibility index (Phi) is 8.32. The van der Waals surface area contributed by atoms with Gasteiger partial charge in [0.1, 0.15) is 5.75 Å². The van der Waals surface area contributed by atoms with Crippen molar-refractivity contribution in [2.45, 2.75) is 45.4 Å². The van der Waals surface area contributed by atoms with Gasteiger partial charge < -0.3 is 20.3 Å². The van der Waals surface area contributed by atoms with E-state index in [2.05, 4.69) is 12.2 Å². The van der Waals surface area contributed by atoms with E-state index in [-0.39, 0.29) is 22.9 Å². The number of aliphatic carboxylic acids is 1. The van der Waals surface area contributed by atoms with Crippen LogP contribution in [0.4, 0.5) is 5.69 Å². The topological polar surface area (TPSA) is 113 Å². The lowest BCUT2D eigenvalue weighted by Gasteiger charge is -2.10. The first-order valence-corrected chi connectivity index (χ1v) is 7.95. The molecule has 0 saturated carbocycles. The van der Waals surface area contributed by atoms with Gasteiger partial charge in [-0.2, -0.15) is 0 Å². The molecular weight excluding hydrogens is 314 g/mol. The SMILES string of the molecule is CCCCCCCC(=O)Nc1cc(OCC(=O)O)cc(C(=O)O)c1. The number of nitrogens with one attached hydrogen (secondary N) is 1. The van der Waals surface area contributed by atoms with Gasteiger partial charge in [-0.15, -0.1) is 0 Å². The number of carbonyl (C=O) groups excluding carboxylic acids is 1. The van der Waals surface area contributed by atoms with Crippen LogP contribution < -0.4 is 10.1 Å². The average Bonchev–Trinajstić information content (AvgIpc) is 2.52. The molecular formula is C17H23NO6. The zero-order chi connectivity index (χ0) is 17.9. The number of unbranched alkanes of at least 4 members (excludes halogenated alkanes) is 4. The number of carboxylic acids is 2. The van der Waals surface area contributed by atoms with E-state index in [1.807, 2.05) is 0 Å². The third kappa shape index (κ3) is 7.62. The first-order valence-electron chi connectivity index (χ1n) is 7.95. The van der Waals surface area contributed by atoms with Crippen LogP contribution in [0.1, 0.15) is 55.8 Å². The number of carboxylic acid groups (broad SMARTS) is 2. The van der Waals surface area contributed by atoms with Gasteiger partial charge in [0, 0.05) is 18.2 Å². The van der Waals surface area contributed by atoms with Crippen LogP contribution in [0, 0.1) is 0 Å². The second-order valence-corrected chi connectivity index (χ2v) is 5.45. The maximum Gasteiger partial charge on any atom is 0.341 e. The second kappa shape index (κ2) is 10.3. The zero-order valence-corrected chi connectivity index (χ0v) is 13.7. The molecule has 0 atom stereocenters. The highest BCUT2D eigenvalue weighted by atomic mass is 16.5. The summed E-state index contributed by atoms with van der Waals surface area (Å²) in [6, 6.07) is 3.93. The van der Waals surface area contributed by atoms with Crippen molar-refractivity contribution in [3.63, 3.8) is 0 Å². The van der Waals surface area contributed by atoms with Gasteiger partial charge in [0.05, 0.1) is 5.56 Å². The molecule has 7 nitrogen and oxygen atoms in total. The number of hydrogen-bond donors (Lipinski definition) is 3. The molecule has 7 heteroatoms. The number of benzene rings is 1. The first-order chi connectivity index (χ1) is 11.4. The molecule has 1 aromatic rings. The molecule has 0 bridgehead atoms. The summed E-state index contributed by atoms with van der Waals surface area (Å²) < 4.78 is 4.99. The quantitative estimate of drug-likeness (QED) is 0.535. The lowest BCUT2D eigenvalue weighted by molar-refractivity contribution is -0.139. The van der Waals surface area contributed by atoms with Crippen LogP contribution in [0.15, 0.2) is 18.2 Å². The van der Waals surface area contributed by atoms with E-state index in [0.29, 0.717) is 6.42 Å². The van der Waals surface area contributed by atoms with Crippen molar-refractivity contribution in [1.82, 2.24) is 0 Å². The van der Waals surface area contributed by atoms with Crippen LogP contribution in [0.5, 0.6) is 5.75 Å². The monoisotopic (exact) mass is 337 g/mol. The summed E-state index contributed by atoms with van der Waals surface area (Å²) in [7, 11) is 0. The minimum Gasteiger partial charge on any atom is -0.482 e. The van der Waals surface area contributed by atoms with Gasteiger partial charge in [0.25, 0.3) is 0 Å². The highest BCUT2D eigenvalue weighted by Crippen LogP contribution is 2.22. The van der Waals surface area contributed by atoms with E-state index >= 15 is 0 Å². The van der Waals surface area contributed by atoms with E-state index in [1.165, 1.54) is 18.2 Å². The van der Waals surface area contributed by atoms with Gasteiger partial charge in [-0.1, -0.05) is 32.6 Å². The largest absolute Gasteiger partial charge is 0.482 e. The second-order valence-electron chi connectivity index (χ2n) is 5.45. The number of anilines is 1. The minimum atomic E-state index is -1.19. The number of ether oxygens (including phenoxy) is 1. The highest BCUT2D eigenvalue weighted by molar-refractivity contribution is 5.94. The maximum atomic E-state index is 11.9. The fraction of sp³-hybridized carbons (Fsp3) is 0.471. The molecule has 0 radical (unpaired) electrons. The maximum absolute atomic E-state index is 11.9. The van der Waals surface area contributed by atoms with Crippen LogP contribution in [-0.4, -0.2) is 34.7 Å². The van der Waals surface area contributed by atoms with Gasteiger partial charge in [-0.3, -0.25) is 4.79 Å². The van der Waals surface area contributed by atoms with Gasteiger partial charge in [-0.25, -0.2) is 9.59 Å². The van der Waals surface area contributed by atoms with E-state index in [4.69, 9.17) is 14.9 Å². The molecule has 1 rings (SSSR count). The van der Waals surface area contributed by atoms with E-state index < -0.39 is 18.5 Å². The molecule has 0 unspecified atom stereocenters. The number of aromatic carboxylic acids is 1.